The zero-order valence-electron chi connectivity index (χ0n) is 13.3. The number of hydrogen-bond acceptors (Lipinski definition) is 6. The molecule has 1 fully saturated rings. The number of thiophene rings is 1. The Labute approximate surface area is 140 Å². The Hall–Kier alpha value is -1.29. The molecule has 3 rings (SSSR count). The molecule has 1 saturated heterocycles. The van der Waals surface area contributed by atoms with E-state index < -0.39 is 10.2 Å². The van der Waals surface area contributed by atoms with Crippen molar-refractivity contribution < 1.29 is 8.42 Å². The minimum absolute atomic E-state index is 0.481. The highest BCUT2D eigenvalue weighted by atomic mass is 32.2. The lowest BCUT2D eigenvalue weighted by Crippen LogP contribution is -2.53. The molecule has 0 aliphatic carbocycles. The van der Waals surface area contributed by atoms with Gasteiger partial charge in [0.2, 0.25) is 0 Å². The number of piperazine rings is 1. The second-order valence-electron chi connectivity index (χ2n) is 5.31. The van der Waals surface area contributed by atoms with Crippen LogP contribution < -0.4 is 4.90 Å². The fourth-order valence-electron chi connectivity index (χ4n) is 2.87. The SMILES string of the molecule is CCN(CC)S(=O)(=O)N1CCN(c2ncnc3sccc23)CC1. The molecule has 2 aromatic heterocycles. The largest absolute Gasteiger partial charge is 0.353 e. The van der Waals surface area contributed by atoms with Crippen LogP contribution in [-0.4, -0.2) is 66.3 Å². The zero-order valence-corrected chi connectivity index (χ0v) is 15.0. The second-order valence-corrected chi connectivity index (χ2v) is 8.14. The molecular formula is C14H21N5O2S2. The first-order valence-corrected chi connectivity index (χ1v) is 10.0. The van der Waals surface area contributed by atoms with Crippen molar-refractivity contribution in [1.82, 2.24) is 18.6 Å². The van der Waals surface area contributed by atoms with Gasteiger partial charge in [0, 0.05) is 39.3 Å². The van der Waals surface area contributed by atoms with Crippen LogP contribution in [0.25, 0.3) is 10.2 Å². The fourth-order valence-corrected chi connectivity index (χ4v) is 5.20. The molecule has 0 saturated carbocycles. The van der Waals surface area contributed by atoms with E-state index in [-0.39, 0.29) is 0 Å². The summed E-state index contributed by atoms with van der Waals surface area (Å²) in [6, 6.07) is 2.02. The quantitative estimate of drug-likeness (QED) is 0.811. The van der Waals surface area contributed by atoms with E-state index in [1.54, 1.807) is 22.0 Å². The molecule has 1 aliphatic rings. The van der Waals surface area contributed by atoms with E-state index in [9.17, 15) is 8.42 Å². The smallest absolute Gasteiger partial charge is 0.282 e. The van der Waals surface area contributed by atoms with E-state index in [1.807, 2.05) is 25.3 Å². The topological polar surface area (TPSA) is 69.6 Å². The minimum Gasteiger partial charge on any atom is -0.353 e. The highest BCUT2D eigenvalue weighted by molar-refractivity contribution is 7.86. The Bertz CT molecular complexity index is 764. The van der Waals surface area contributed by atoms with E-state index in [0.717, 1.165) is 16.0 Å². The van der Waals surface area contributed by atoms with Gasteiger partial charge in [0.1, 0.15) is 17.0 Å². The minimum atomic E-state index is -3.35. The van der Waals surface area contributed by atoms with Crippen molar-refractivity contribution in [2.24, 2.45) is 0 Å². The lowest BCUT2D eigenvalue weighted by atomic mass is 10.3. The van der Waals surface area contributed by atoms with Gasteiger partial charge in [-0.3, -0.25) is 0 Å². The molecule has 0 bridgehead atoms. The molecule has 9 heteroatoms. The maximum atomic E-state index is 12.6. The van der Waals surface area contributed by atoms with Gasteiger partial charge in [-0.15, -0.1) is 11.3 Å². The fraction of sp³-hybridized carbons (Fsp3) is 0.571. The first kappa shape index (κ1) is 16.6. The van der Waals surface area contributed by atoms with Crippen molar-refractivity contribution in [3.63, 3.8) is 0 Å². The van der Waals surface area contributed by atoms with Crippen LogP contribution in [0.5, 0.6) is 0 Å². The molecule has 0 radical (unpaired) electrons. The summed E-state index contributed by atoms with van der Waals surface area (Å²) in [5, 5.41) is 3.04. The number of fused-ring (bicyclic) bond motifs is 1. The number of hydrogen-bond donors (Lipinski definition) is 0. The Morgan fingerprint density at radius 3 is 2.52 bits per heavy atom. The van der Waals surface area contributed by atoms with E-state index in [4.69, 9.17) is 0 Å². The van der Waals surface area contributed by atoms with Gasteiger partial charge in [-0.1, -0.05) is 13.8 Å². The van der Waals surface area contributed by atoms with Crippen LogP contribution in [0, 0.1) is 0 Å². The van der Waals surface area contributed by atoms with Gasteiger partial charge in [-0.2, -0.15) is 17.0 Å². The third-order valence-electron chi connectivity index (χ3n) is 4.14. The van der Waals surface area contributed by atoms with Crippen molar-refractivity contribution in [3.8, 4) is 0 Å². The van der Waals surface area contributed by atoms with Crippen molar-refractivity contribution in [3.05, 3.63) is 17.8 Å². The van der Waals surface area contributed by atoms with Crippen LogP contribution >= 0.6 is 11.3 Å². The molecule has 3 heterocycles. The first-order valence-electron chi connectivity index (χ1n) is 7.76. The Morgan fingerprint density at radius 2 is 1.87 bits per heavy atom. The average molecular weight is 355 g/mol. The third kappa shape index (κ3) is 3.06. The van der Waals surface area contributed by atoms with Crippen LogP contribution in [-0.2, 0) is 10.2 Å². The normalized spacial score (nSPS) is 17.3. The van der Waals surface area contributed by atoms with Gasteiger partial charge in [0.25, 0.3) is 10.2 Å². The Morgan fingerprint density at radius 1 is 1.17 bits per heavy atom. The van der Waals surface area contributed by atoms with Crippen LogP contribution in [0.3, 0.4) is 0 Å². The summed E-state index contributed by atoms with van der Waals surface area (Å²) in [4.78, 5) is 11.8. The second kappa shape index (κ2) is 6.68. The van der Waals surface area contributed by atoms with E-state index in [0.29, 0.717) is 39.3 Å². The molecule has 7 nitrogen and oxygen atoms in total. The van der Waals surface area contributed by atoms with Crippen molar-refractivity contribution >= 4 is 37.6 Å². The summed E-state index contributed by atoms with van der Waals surface area (Å²) in [5.41, 5.74) is 0. The van der Waals surface area contributed by atoms with Gasteiger partial charge in [0.15, 0.2) is 0 Å². The monoisotopic (exact) mass is 355 g/mol. The van der Waals surface area contributed by atoms with Crippen LogP contribution in [0.1, 0.15) is 13.8 Å². The first-order chi connectivity index (χ1) is 11.1. The number of nitrogens with zero attached hydrogens (tertiary/aromatic N) is 5. The molecule has 126 valence electrons. The van der Waals surface area contributed by atoms with Crippen molar-refractivity contribution in [2.75, 3.05) is 44.2 Å². The summed E-state index contributed by atoms with van der Waals surface area (Å²) in [6.07, 6.45) is 1.58. The summed E-state index contributed by atoms with van der Waals surface area (Å²) in [5.74, 6) is 0.899. The highest BCUT2D eigenvalue weighted by Crippen LogP contribution is 2.27. The molecule has 0 aromatic carbocycles. The molecule has 23 heavy (non-hydrogen) atoms. The van der Waals surface area contributed by atoms with E-state index in [1.165, 1.54) is 4.31 Å². The van der Waals surface area contributed by atoms with Gasteiger partial charge in [-0.25, -0.2) is 9.97 Å². The summed E-state index contributed by atoms with van der Waals surface area (Å²) >= 11 is 1.59. The Balaban J connectivity index is 1.75. The van der Waals surface area contributed by atoms with E-state index >= 15 is 0 Å². The summed E-state index contributed by atoms with van der Waals surface area (Å²) < 4.78 is 28.2. The molecule has 0 amide bonds. The number of anilines is 1. The number of aromatic nitrogens is 2. The van der Waals surface area contributed by atoms with Crippen LogP contribution in [0.15, 0.2) is 17.8 Å². The molecule has 0 unspecified atom stereocenters. The third-order valence-corrected chi connectivity index (χ3v) is 7.14. The van der Waals surface area contributed by atoms with Gasteiger partial charge >= 0.3 is 0 Å². The molecule has 2 aromatic rings. The molecule has 1 aliphatic heterocycles. The molecule has 0 spiro atoms. The lowest BCUT2D eigenvalue weighted by molar-refractivity contribution is 0.334. The maximum absolute atomic E-state index is 12.6. The molecule has 0 N–H and O–H groups in total. The summed E-state index contributed by atoms with van der Waals surface area (Å²) in [7, 11) is -3.35. The highest BCUT2D eigenvalue weighted by Gasteiger charge is 2.31. The lowest BCUT2D eigenvalue weighted by Gasteiger charge is -2.36. The predicted molar refractivity (Wildman–Crippen MR) is 93.0 cm³/mol. The van der Waals surface area contributed by atoms with Gasteiger partial charge < -0.3 is 4.90 Å². The molecular weight excluding hydrogens is 334 g/mol. The maximum Gasteiger partial charge on any atom is 0.282 e. The van der Waals surface area contributed by atoms with E-state index in [2.05, 4.69) is 14.9 Å². The van der Waals surface area contributed by atoms with Gasteiger partial charge in [0.05, 0.1) is 5.39 Å². The number of rotatable bonds is 5. The Kier molecular flexibility index (Phi) is 4.81. The van der Waals surface area contributed by atoms with Gasteiger partial charge in [-0.05, 0) is 11.4 Å². The zero-order chi connectivity index (χ0) is 16.4. The molecule has 0 atom stereocenters. The standard InChI is InChI=1S/C14H21N5O2S2/c1-3-18(4-2)23(20,21)19-8-6-17(7-9-19)13-12-5-10-22-14(12)16-11-15-13/h5,10-11H,3-4,6-9H2,1-2H3. The predicted octanol–water partition coefficient (Wildman–Crippen LogP) is 1.40. The summed E-state index contributed by atoms with van der Waals surface area (Å²) in [6.45, 7) is 6.98. The van der Waals surface area contributed by atoms with Crippen LogP contribution in [0.4, 0.5) is 5.82 Å². The average Bonchev–Trinajstić information content (AvgIpc) is 3.04. The van der Waals surface area contributed by atoms with Crippen molar-refractivity contribution in [1.29, 1.82) is 0 Å². The van der Waals surface area contributed by atoms with Crippen LogP contribution in [0.2, 0.25) is 0 Å². The van der Waals surface area contributed by atoms with Crippen molar-refractivity contribution in [2.45, 2.75) is 13.8 Å².